The lowest BCUT2D eigenvalue weighted by Crippen LogP contribution is -2.53. The van der Waals surface area contributed by atoms with E-state index in [9.17, 15) is 13.2 Å². The second-order valence-electron chi connectivity index (χ2n) is 5.36. The largest absolute Gasteiger partial charge is 0.350 e. The molecule has 0 aromatic heterocycles. The van der Waals surface area contributed by atoms with Crippen molar-refractivity contribution in [2.24, 2.45) is 0 Å². The minimum absolute atomic E-state index is 0.0507. The second-order valence-corrected chi connectivity index (χ2v) is 8.07. The third kappa shape index (κ3) is 4.30. The molecule has 0 aromatic rings. The van der Waals surface area contributed by atoms with Crippen LogP contribution in [0.2, 0.25) is 0 Å². The first-order valence-corrected chi connectivity index (χ1v) is 8.71. The number of hydrogen-bond acceptors (Lipinski definition) is 5. The fourth-order valence-electron chi connectivity index (χ4n) is 2.55. The van der Waals surface area contributed by atoms with Gasteiger partial charge in [0.2, 0.25) is 5.91 Å². The van der Waals surface area contributed by atoms with Gasteiger partial charge in [-0.2, -0.15) is 0 Å². The molecule has 2 N–H and O–H groups in total. The van der Waals surface area contributed by atoms with E-state index in [1.807, 2.05) is 0 Å². The molecule has 19 heavy (non-hydrogen) atoms. The molecule has 2 saturated heterocycles. The number of halogens is 1. The molecule has 2 heterocycles. The Morgan fingerprint density at radius 1 is 1.47 bits per heavy atom. The number of nitrogens with zero attached hydrogens (tertiary/aromatic N) is 1. The zero-order chi connectivity index (χ0) is 14.0. The van der Waals surface area contributed by atoms with Crippen molar-refractivity contribution in [3.63, 3.8) is 0 Å². The lowest BCUT2D eigenvalue weighted by molar-refractivity contribution is -0.123. The Hall–Kier alpha value is -0.370. The number of nitrogens with one attached hydrogen (secondary N) is 2. The van der Waals surface area contributed by atoms with Gasteiger partial charge in [-0.05, 0) is 6.92 Å². The highest BCUT2D eigenvalue weighted by Crippen LogP contribution is 2.17. The van der Waals surface area contributed by atoms with E-state index in [1.165, 1.54) is 0 Å². The van der Waals surface area contributed by atoms with Crippen LogP contribution >= 0.6 is 11.6 Å². The summed E-state index contributed by atoms with van der Waals surface area (Å²) in [5.74, 6) is -0.253. The topological polar surface area (TPSA) is 78.5 Å². The SMILES string of the molecule is C[C@H]1CN(CC(=O)NC2CS(=O)(=O)CC2Cl)CCN1. The molecule has 0 spiro atoms. The quantitative estimate of drug-likeness (QED) is 0.640. The van der Waals surface area contributed by atoms with E-state index >= 15 is 0 Å². The van der Waals surface area contributed by atoms with Gasteiger partial charge in [0.15, 0.2) is 9.84 Å². The smallest absolute Gasteiger partial charge is 0.234 e. The Morgan fingerprint density at radius 3 is 2.79 bits per heavy atom. The Labute approximate surface area is 118 Å². The predicted molar refractivity (Wildman–Crippen MR) is 74.1 cm³/mol. The Balaban J connectivity index is 1.81. The second kappa shape index (κ2) is 5.95. The van der Waals surface area contributed by atoms with Crippen LogP contribution in [0.4, 0.5) is 0 Å². The van der Waals surface area contributed by atoms with Gasteiger partial charge in [-0.25, -0.2) is 8.42 Å². The lowest BCUT2D eigenvalue weighted by atomic mass is 10.2. The lowest BCUT2D eigenvalue weighted by Gasteiger charge is -2.31. The summed E-state index contributed by atoms with van der Waals surface area (Å²) in [5, 5.41) is 5.52. The maximum atomic E-state index is 11.9. The number of rotatable bonds is 3. The number of hydrogen-bond donors (Lipinski definition) is 2. The molecule has 1 amide bonds. The van der Waals surface area contributed by atoms with Gasteiger partial charge in [0, 0.05) is 25.7 Å². The van der Waals surface area contributed by atoms with Gasteiger partial charge in [0.25, 0.3) is 0 Å². The van der Waals surface area contributed by atoms with Crippen molar-refractivity contribution in [1.29, 1.82) is 0 Å². The van der Waals surface area contributed by atoms with Gasteiger partial charge in [-0.3, -0.25) is 9.69 Å². The van der Waals surface area contributed by atoms with E-state index < -0.39 is 21.3 Å². The molecule has 2 fully saturated rings. The molecule has 8 heteroatoms. The zero-order valence-electron chi connectivity index (χ0n) is 10.9. The van der Waals surface area contributed by atoms with Crippen LogP contribution in [0.15, 0.2) is 0 Å². The predicted octanol–water partition coefficient (Wildman–Crippen LogP) is -1.20. The van der Waals surface area contributed by atoms with E-state index in [4.69, 9.17) is 11.6 Å². The summed E-state index contributed by atoms with van der Waals surface area (Å²) in [6.07, 6.45) is 0. The van der Waals surface area contributed by atoms with Crippen molar-refractivity contribution < 1.29 is 13.2 Å². The third-order valence-electron chi connectivity index (χ3n) is 3.45. The average molecular weight is 310 g/mol. The van der Waals surface area contributed by atoms with Crippen molar-refractivity contribution in [3.05, 3.63) is 0 Å². The molecular weight excluding hydrogens is 290 g/mol. The van der Waals surface area contributed by atoms with Crippen molar-refractivity contribution in [3.8, 4) is 0 Å². The van der Waals surface area contributed by atoms with Gasteiger partial charge >= 0.3 is 0 Å². The summed E-state index contributed by atoms with van der Waals surface area (Å²) in [7, 11) is -3.10. The number of carbonyl (C=O) groups is 1. The molecule has 6 nitrogen and oxygen atoms in total. The Kier molecular flexibility index (Phi) is 4.70. The van der Waals surface area contributed by atoms with Crippen LogP contribution in [0.5, 0.6) is 0 Å². The zero-order valence-corrected chi connectivity index (χ0v) is 12.5. The molecule has 0 saturated carbocycles. The Bertz CT molecular complexity index is 442. The number of sulfone groups is 1. The van der Waals surface area contributed by atoms with Crippen molar-refractivity contribution >= 4 is 27.3 Å². The monoisotopic (exact) mass is 309 g/mol. The Morgan fingerprint density at radius 2 is 2.21 bits per heavy atom. The fraction of sp³-hybridized carbons (Fsp3) is 0.909. The van der Waals surface area contributed by atoms with Gasteiger partial charge < -0.3 is 10.6 Å². The van der Waals surface area contributed by atoms with E-state index in [1.54, 1.807) is 0 Å². The molecule has 3 atom stereocenters. The van der Waals surface area contributed by atoms with E-state index in [2.05, 4.69) is 22.5 Å². The van der Waals surface area contributed by atoms with Gasteiger partial charge in [-0.1, -0.05) is 0 Å². The first kappa shape index (κ1) is 15.0. The maximum Gasteiger partial charge on any atom is 0.234 e. The molecule has 2 rings (SSSR count). The number of piperazine rings is 1. The molecule has 0 aliphatic carbocycles. The summed E-state index contributed by atoms with van der Waals surface area (Å²) in [4.78, 5) is 14.0. The van der Waals surface area contributed by atoms with E-state index in [0.717, 1.165) is 19.6 Å². The first-order valence-electron chi connectivity index (χ1n) is 6.45. The third-order valence-corrected chi connectivity index (χ3v) is 5.83. The summed E-state index contributed by atoms with van der Waals surface area (Å²) in [5.41, 5.74) is 0. The highest BCUT2D eigenvalue weighted by atomic mass is 35.5. The maximum absolute atomic E-state index is 11.9. The normalized spacial score (nSPS) is 35.2. The van der Waals surface area contributed by atoms with Crippen molar-refractivity contribution in [2.45, 2.75) is 24.4 Å². The fourth-order valence-corrected chi connectivity index (χ4v) is 5.10. The average Bonchev–Trinajstić information content (AvgIpc) is 2.51. The number of alkyl halides is 1. The van der Waals surface area contributed by atoms with Crippen LogP contribution in [-0.2, 0) is 14.6 Å². The van der Waals surface area contributed by atoms with Crippen LogP contribution in [-0.4, -0.2) is 74.4 Å². The van der Waals surface area contributed by atoms with Crippen LogP contribution in [0, 0.1) is 0 Å². The standard InChI is InChI=1S/C11H20ClN3O3S/c1-8-4-15(3-2-13-8)5-11(16)14-10-7-19(17,18)6-9(10)12/h8-10,13H,2-7H2,1H3,(H,14,16)/t8-,9?,10?/m0/s1. The number of carbonyl (C=O) groups excluding carboxylic acids is 1. The molecular formula is C11H20ClN3O3S. The molecule has 0 bridgehead atoms. The molecule has 0 aromatic carbocycles. The van der Waals surface area contributed by atoms with Gasteiger partial charge in [0.1, 0.15) is 0 Å². The summed E-state index contributed by atoms with van der Waals surface area (Å²) < 4.78 is 22.8. The summed E-state index contributed by atoms with van der Waals surface area (Å²) in [6.45, 7) is 4.88. The van der Waals surface area contributed by atoms with Crippen LogP contribution in [0.3, 0.4) is 0 Å². The minimum Gasteiger partial charge on any atom is -0.350 e. The molecule has 110 valence electrons. The first-order chi connectivity index (χ1) is 8.85. The van der Waals surface area contributed by atoms with Gasteiger partial charge in [0.05, 0.1) is 29.5 Å². The summed E-state index contributed by atoms with van der Waals surface area (Å²) >= 11 is 5.96. The number of amides is 1. The minimum atomic E-state index is -3.10. The van der Waals surface area contributed by atoms with Crippen molar-refractivity contribution in [2.75, 3.05) is 37.7 Å². The van der Waals surface area contributed by atoms with Crippen LogP contribution < -0.4 is 10.6 Å². The van der Waals surface area contributed by atoms with Crippen molar-refractivity contribution in [1.82, 2.24) is 15.5 Å². The highest BCUT2D eigenvalue weighted by Gasteiger charge is 2.37. The molecule has 2 unspecified atom stereocenters. The molecule has 2 aliphatic heterocycles. The van der Waals surface area contributed by atoms with Gasteiger partial charge in [-0.15, -0.1) is 11.6 Å². The summed E-state index contributed by atoms with van der Waals surface area (Å²) in [6, 6.07) is -0.0892. The molecule has 0 radical (unpaired) electrons. The van der Waals surface area contributed by atoms with Crippen LogP contribution in [0.1, 0.15) is 6.92 Å². The van der Waals surface area contributed by atoms with E-state index in [-0.39, 0.29) is 17.4 Å². The highest BCUT2D eigenvalue weighted by molar-refractivity contribution is 7.91. The van der Waals surface area contributed by atoms with E-state index in [0.29, 0.717) is 12.6 Å². The molecule has 2 aliphatic rings. The van der Waals surface area contributed by atoms with Crippen LogP contribution in [0.25, 0.3) is 0 Å².